The van der Waals surface area contributed by atoms with Crippen molar-refractivity contribution in [2.45, 2.75) is 51.7 Å². The molecule has 3 rings (SSSR count). The summed E-state index contributed by atoms with van der Waals surface area (Å²) in [5, 5.41) is 3.38. The summed E-state index contributed by atoms with van der Waals surface area (Å²) < 4.78 is 0. The van der Waals surface area contributed by atoms with Gasteiger partial charge in [0, 0.05) is 43.1 Å². The summed E-state index contributed by atoms with van der Waals surface area (Å²) in [5.74, 6) is 1.82. The molecule has 4 heteroatoms. The van der Waals surface area contributed by atoms with E-state index in [1.165, 1.54) is 19.3 Å². The molecule has 18 heavy (non-hydrogen) atoms. The van der Waals surface area contributed by atoms with E-state index < -0.39 is 0 Å². The van der Waals surface area contributed by atoms with Crippen molar-refractivity contribution in [3.05, 3.63) is 18.0 Å². The SMILES string of the molecule is CC(C)NCc1cnc(N2CC3CCC2C3)nc1. The Morgan fingerprint density at radius 1 is 1.33 bits per heavy atom. The molecule has 0 radical (unpaired) electrons. The molecule has 2 bridgehead atoms. The number of anilines is 1. The second-order valence-electron chi connectivity index (χ2n) is 5.91. The number of hydrogen-bond donors (Lipinski definition) is 1. The van der Waals surface area contributed by atoms with E-state index in [9.17, 15) is 0 Å². The molecule has 1 saturated heterocycles. The van der Waals surface area contributed by atoms with E-state index in [4.69, 9.17) is 0 Å². The lowest BCUT2D eigenvalue weighted by molar-refractivity contribution is 0.545. The molecular formula is C14H22N4. The van der Waals surface area contributed by atoms with Crippen molar-refractivity contribution >= 4 is 5.95 Å². The highest BCUT2D eigenvalue weighted by molar-refractivity contribution is 5.35. The Morgan fingerprint density at radius 3 is 2.67 bits per heavy atom. The lowest BCUT2D eigenvalue weighted by atomic mass is 10.1. The third-order valence-corrected chi connectivity index (χ3v) is 4.07. The van der Waals surface area contributed by atoms with Gasteiger partial charge in [0.05, 0.1) is 0 Å². The summed E-state index contributed by atoms with van der Waals surface area (Å²) >= 11 is 0. The zero-order valence-electron chi connectivity index (χ0n) is 11.3. The number of nitrogens with zero attached hydrogens (tertiary/aromatic N) is 3. The average Bonchev–Trinajstić information content (AvgIpc) is 2.99. The van der Waals surface area contributed by atoms with Crippen LogP contribution in [0.25, 0.3) is 0 Å². The lowest BCUT2D eigenvalue weighted by Crippen LogP contribution is -2.33. The van der Waals surface area contributed by atoms with Crippen LogP contribution in [0.5, 0.6) is 0 Å². The smallest absolute Gasteiger partial charge is 0.225 e. The molecule has 0 aromatic carbocycles. The van der Waals surface area contributed by atoms with Crippen LogP contribution in [0.4, 0.5) is 5.95 Å². The largest absolute Gasteiger partial charge is 0.338 e. The molecule has 1 N–H and O–H groups in total. The van der Waals surface area contributed by atoms with Gasteiger partial charge >= 0.3 is 0 Å². The van der Waals surface area contributed by atoms with Crippen LogP contribution in [0.1, 0.15) is 38.7 Å². The summed E-state index contributed by atoms with van der Waals surface area (Å²) in [7, 11) is 0. The first-order chi connectivity index (χ1) is 8.72. The summed E-state index contributed by atoms with van der Waals surface area (Å²) in [6, 6.07) is 1.20. The van der Waals surface area contributed by atoms with E-state index in [0.29, 0.717) is 12.1 Å². The predicted molar refractivity (Wildman–Crippen MR) is 72.5 cm³/mol. The second kappa shape index (κ2) is 4.84. The third kappa shape index (κ3) is 2.34. The van der Waals surface area contributed by atoms with Gasteiger partial charge in [0.1, 0.15) is 0 Å². The van der Waals surface area contributed by atoms with Crippen LogP contribution in [0, 0.1) is 5.92 Å². The van der Waals surface area contributed by atoms with Gasteiger partial charge in [-0.1, -0.05) is 13.8 Å². The highest BCUT2D eigenvalue weighted by atomic mass is 15.3. The number of piperidine rings is 1. The molecule has 0 amide bonds. The Balaban J connectivity index is 1.64. The molecule has 4 nitrogen and oxygen atoms in total. The molecule has 2 heterocycles. The maximum absolute atomic E-state index is 4.53. The highest BCUT2D eigenvalue weighted by Crippen LogP contribution is 2.38. The standard InChI is InChI=1S/C14H22N4/c1-10(2)15-6-12-7-16-14(17-8-12)18-9-11-3-4-13(18)5-11/h7-8,10-11,13,15H,3-6,9H2,1-2H3. The molecule has 2 atom stereocenters. The Hall–Kier alpha value is -1.16. The van der Waals surface area contributed by atoms with Crippen LogP contribution < -0.4 is 10.2 Å². The number of fused-ring (bicyclic) bond motifs is 2. The quantitative estimate of drug-likeness (QED) is 0.882. The van der Waals surface area contributed by atoms with Gasteiger partial charge in [-0.15, -0.1) is 0 Å². The maximum Gasteiger partial charge on any atom is 0.225 e. The number of hydrogen-bond acceptors (Lipinski definition) is 4. The van der Waals surface area contributed by atoms with Crippen molar-refractivity contribution in [2.75, 3.05) is 11.4 Å². The van der Waals surface area contributed by atoms with Crippen LogP contribution in [0.15, 0.2) is 12.4 Å². The van der Waals surface area contributed by atoms with Crippen molar-refractivity contribution in [3.63, 3.8) is 0 Å². The Labute approximate surface area is 109 Å². The highest BCUT2D eigenvalue weighted by Gasteiger charge is 2.38. The lowest BCUT2D eigenvalue weighted by Gasteiger charge is -2.26. The first-order valence-electron chi connectivity index (χ1n) is 7.03. The Bertz CT molecular complexity index is 401. The molecule has 1 aliphatic heterocycles. The molecule has 2 unspecified atom stereocenters. The fourth-order valence-electron chi connectivity index (χ4n) is 3.08. The number of aromatic nitrogens is 2. The van der Waals surface area contributed by atoms with Crippen LogP contribution in [0.2, 0.25) is 0 Å². The van der Waals surface area contributed by atoms with Gasteiger partial charge in [0.25, 0.3) is 0 Å². The summed E-state index contributed by atoms with van der Waals surface area (Å²) in [6.45, 7) is 6.31. The van der Waals surface area contributed by atoms with E-state index in [1.807, 2.05) is 12.4 Å². The molecule has 98 valence electrons. The average molecular weight is 246 g/mol. The van der Waals surface area contributed by atoms with Gasteiger partial charge in [-0.25, -0.2) is 9.97 Å². The zero-order chi connectivity index (χ0) is 12.5. The monoisotopic (exact) mass is 246 g/mol. The van der Waals surface area contributed by atoms with Gasteiger partial charge in [-0.3, -0.25) is 0 Å². The summed E-state index contributed by atoms with van der Waals surface area (Å²) in [5.41, 5.74) is 1.16. The molecule has 1 aromatic rings. The van der Waals surface area contributed by atoms with E-state index in [0.717, 1.165) is 30.5 Å². The van der Waals surface area contributed by atoms with E-state index in [2.05, 4.69) is 34.0 Å². The van der Waals surface area contributed by atoms with Gasteiger partial charge in [-0.05, 0) is 25.2 Å². The Kier molecular flexibility index (Phi) is 3.20. The normalized spacial score (nSPS) is 26.3. The van der Waals surface area contributed by atoms with Gasteiger partial charge in [0.15, 0.2) is 0 Å². The molecule has 1 saturated carbocycles. The minimum absolute atomic E-state index is 0.499. The topological polar surface area (TPSA) is 41.1 Å². The van der Waals surface area contributed by atoms with E-state index in [1.54, 1.807) is 0 Å². The molecular weight excluding hydrogens is 224 g/mol. The van der Waals surface area contributed by atoms with Crippen molar-refractivity contribution in [3.8, 4) is 0 Å². The van der Waals surface area contributed by atoms with Crippen LogP contribution in [-0.2, 0) is 6.54 Å². The molecule has 2 fully saturated rings. The second-order valence-corrected chi connectivity index (χ2v) is 5.91. The minimum atomic E-state index is 0.499. The van der Waals surface area contributed by atoms with E-state index in [-0.39, 0.29) is 0 Å². The molecule has 1 aromatic heterocycles. The predicted octanol–water partition coefficient (Wildman–Crippen LogP) is 1.96. The van der Waals surface area contributed by atoms with Gasteiger partial charge < -0.3 is 10.2 Å². The fourth-order valence-corrected chi connectivity index (χ4v) is 3.08. The number of nitrogens with one attached hydrogen (secondary N) is 1. The molecule has 2 aliphatic rings. The van der Waals surface area contributed by atoms with Crippen LogP contribution >= 0.6 is 0 Å². The first kappa shape index (κ1) is 11.9. The summed E-state index contributed by atoms with van der Waals surface area (Å²) in [6.07, 6.45) is 8.00. The number of rotatable bonds is 4. The first-order valence-corrected chi connectivity index (χ1v) is 7.03. The van der Waals surface area contributed by atoms with E-state index >= 15 is 0 Å². The van der Waals surface area contributed by atoms with Crippen molar-refractivity contribution in [1.29, 1.82) is 0 Å². The van der Waals surface area contributed by atoms with Gasteiger partial charge in [0.2, 0.25) is 5.95 Å². The van der Waals surface area contributed by atoms with Crippen LogP contribution in [-0.4, -0.2) is 28.6 Å². The van der Waals surface area contributed by atoms with Crippen molar-refractivity contribution in [1.82, 2.24) is 15.3 Å². The van der Waals surface area contributed by atoms with Crippen LogP contribution in [0.3, 0.4) is 0 Å². The van der Waals surface area contributed by atoms with Gasteiger partial charge in [-0.2, -0.15) is 0 Å². The summed E-state index contributed by atoms with van der Waals surface area (Å²) in [4.78, 5) is 11.5. The third-order valence-electron chi connectivity index (χ3n) is 4.07. The molecule has 0 spiro atoms. The van der Waals surface area contributed by atoms with Crippen molar-refractivity contribution in [2.24, 2.45) is 5.92 Å². The fraction of sp³-hybridized carbons (Fsp3) is 0.714. The maximum atomic E-state index is 4.53. The Morgan fingerprint density at radius 2 is 2.11 bits per heavy atom. The molecule has 1 aliphatic carbocycles. The minimum Gasteiger partial charge on any atom is -0.338 e. The van der Waals surface area contributed by atoms with Crippen molar-refractivity contribution < 1.29 is 0 Å². The zero-order valence-corrected chi connectivity index (χ0v) is 11.3.